The van der Waals surface area contributed by atoms with Crippen molar-refractivity contribution < 1.29 is 31.8 Å². The maximum atomic E-state index is 16.4. The smallest absolute Gasteiger partial charge is 0.289 e. The van der Waals surface area contributed by atoms with Crippen LogP contribution < -0.4 is 15.6 Å². The van der Waals surface area contributed by atoms with Crippen LogP contribution in [0, 0.1) is 0 Å². The van der Waals surface area contributed by atoms with Gasteiger partial charge in [0.25, 0.3) is 17.3 Å². The van der Waals surface area contributed by atoms with Crippen molar-refractivity contribution in [3.05, 3.63) is 123 Å². The van der Waals surface area contributed by atoms with E-state index >= 15 is 17.6 Å². The molecule has 1 N–H and O–H groups in total. The summed E-state index contributed by atoms with van der Waals surface area (Å²) in [6.45, 7) is 1.29. The number of nitrogens with zero attached hydrogens (tertiary/aromatic N) is 2. The minimum absolute atomic E-state index is 0.0371. The van der Waals surface area contributed by atoms with Crippen LogP contribution in [0.4, 0.5) is 17.6 Å². The highest BCUT2D eigenvalue weighted by atomic mass is 19.2. The monoisotopic (exact) mass is 581 g/mol. The Morgan fingerprint density at radius 1 is 1.00 bits per heavy atom. The minimum Gasteiger partial charge on any atom is -0.497 e. The highest BCUT2D eigenvalue weighted by Crippen LogP contribution is 2.46. The molecule has 0 saturated carbocycles. The van der Waals surface area contributed by atoms with Crippen LogP contribution >= 0.6 is 0 Å². The molecule has 11 heteroatoms. The summed E-state index contributed by atoms with van der Waals surface area (Å²) in [5.41, 5.74) is -2.82. The van der Waals surface area contributed by atoms with Crippen molar-refractivity contribution in [2.24, 2.45) is 0 Å². The normalized spacial score (nSPS) is 19.0. The number of ether oxygens (including phenoxy) is 2. The summed E-state index contributed by atoms with van der Waals surface area (Å²) in [6.07, 6.45) is -1.08. The van der Waals surface area contributed by atoms with Gasteiger partial charge in [0.05, 0.1) is 25.8 Å². The Balaban J connectivity index is 1.59. The number of rotatable bonds is 9. The van der Waals surface area contributed by atoms with E-state index in [2.05, 4.69) is 0 Å². The summed E-state index contributed by atoms with van der Waals surface area (Å²) in [4.78, 5) is 27.1. The van der Waals surface area contributed by atoms with E-state index in [1.165, 1.54) is 52.8 Å². The van der Waals surface area contributed by atoms with Gasteiger partial charge in [-0.1, -0.05) is 55.5 Å². The summed E-state index contributed by atoms with van der Waals surface area (Å²) >= 11 is 0. The Labute approximate surface area is 238 Å². The maximum absolute atomic E-state index is 16.4. The van der Waals surface area contributed by atoms with Crippen LogP contribution in [0.15, 0.2) is 101 Å². The highest BCUT2D eigenvalue weighted by molar-refractivity contribution is 6.01. The van der Waals surface area contributed by atoms with Gasteiger partial charge in [0.1, 0.15) is 17.0 Å². The third kappa shape index (κ3) is 5.00. The molecule has 0 radical (unpaired) electrons. The fraction of sp³-hybridized carbons (Fsp3) is 0.226. The number of carbonyl (C=O) groups is 1. The molecule has 1 aliphatic rings. The van der Waals surface area contributed by atoms with Crippen molar-refractivity contribution in [1.29, 1.82) is 0 Å². The molecule has 1 amide bonds. The number of hydrogen-bond acceptors (Lipinski definition) is 4. The van der Waals surface area contributed by atoms with Crippen molar-refractivity contribution in [2.75, 3.05) is 13.7 Å². The van der Waals surface area contributed by atoms with E-state index < -0.39 is 52.0 Å². The first-order valence-electron chi connectivity index (χ1n) is 13.2. The van der Waals surface area contributed by atoms with Crippen LogP contribution in [0.5, 0.6) is 5.75 Å². The largest absolute Gasteiger partial charge is 0.497 e. The number of aromatic nitrogens is 2. The van der Waals surface area contributed by atoms with Gasteiger partial charge >= 0.3 is 0 Å². The van der Waals surface area contributed by atoms with E-state index in [1.54, 1.807) is 49.4 Å². The van der Waals surface area contributed by atoms with Crippen molar-refractivity contribution in [1.82, 2.24) is 14.5 Å². The lowest BCUT2D eigenvalue weighted by atomic mass is 9.88. The molecule has 2 heterocycles. The zero-order chi connectivity index (χ0) is 30.0. The topological polar surface area (TPSA) is 74.0 Å². The molecule has 5 rings (SSSR count). The summed E-state index contributed by atoms with van der Waals surface area (Å²) in [5.74, 6) is -7.76. The molecule has 7 nitrogen and oxygen atoms in total. The summed E-state index contributed by atoms with van der Waals surface area (Å²) in [5, 5.41) is 1.95. The predicted molar refractivity (Wildman–Crippen MR) is 149 cm³/mol. The number of amides is 1. The standard InChI is InChI=1S/C31H27F4N3O4/c1-3-17-42-31(35)27(34)23(20-9-5-4-6-10-20)25(32)26(33)28(31)36-29(39)24-22-11-7-8-16-37(22)38(30(24)40)18-19-12-14-21(41-2)15-13-19/h4-16,27H,3,17-18H2,1-2H3,(H,36,39). The van der Waals surface area contributed by atoms with Gasteiger partial charge in [0, 0.05) is 11.8 Å². The molecule has 2 unspecified atom stereocenters. The van der Waals surface area contributed by atoms with Gasteiger partial charge < -0.3 is 14.8 Å². The van der Waals surface area contributed by atoms with Crippen LogP contribution in [0.25, 0.3) is 11.1 Å². The second-order valence-corrected chi connectivity index (χ2v) is 9.61. The van der Waals surface area contributed by atoms with Crippen LogP contribution in [-0.4, -0.2) is 40.8 Å². The molecule has 1 aliphatic carbocycles. The van der Waals surface area contributed by atoms with Gasteiger partial charge in [0.15, 0.2) is 17.8 Å². The molecule has 0 aliphatic heterocycles. The fourth-order valence-corrected chi connectivity index (χ4v) is 4.85. The van der Waals surface area contributed by atoms with Crippen molar-refractivity contribution in [3.8, 4) is 5.75 Å². The lowest BCUT2D eigenvalue weighted by molar-refractivity contribution is -0.151. The second-order valence-electron chi connectivity index (χ2n) is 9.61. The summed E-state index contributed by atoms with van der Waals surface area (Å²) in [6, 6.07) is 18.7. The first kappa shape index (κ1) is 28.9. The molecule has 0 saturated heterocycles. The Kier molecular flexibility index (Phi) is 8.04. The van der Waals surface area contributed by atoms with Gasteiger partial charge in [-0.2, -0.15) is 0 Å². The molecule has 0 fully saturated rings. The fourth-order valence-electron chi connectivity index (χ4n) is 4.85. The van der Waals surface area contributed by atoms with Crippen molar-refractivity contribution in [3.63, 3.8) is 0 Å². The third-order valence-electron chi connectivity index (χ3n) is 6.93. The first-order valence-corrected chi connectivity index (χ1v) is 13.2. The number of alkyl halides is 2. The summed E-state index contributed by atoms with van der Waals surface area (Å²) in [7, 11) is 1.52. The highest BCUT2D eigenvalue weighted by Gasteiger charge is 2.54. The number of hydrogen-bond donors (Lipinski definition) is 1. The number of nitrogens with one attached hydrogen (secondary N) is 1. The number of methoxy groups -OCH3 is 1. The zero-order valence-electron chi connectivity index (χ0n) is 22.7. The molecule has 218 valence electrons. The van der Waals surface area contributed by atoms with Gasteiger partial charge in [-0.05, 0) is 41.8 Å². The lowest BCUT2D eigenvalue weighted by Crippen LogP contribution is -2.50. The number of benzene rings is 2. The molecule has 0 bridgehead atoms. The van der Waals surface area contributed by atoms with Crippen molar-refractivity contribution in [2.45, 2.75) is 31.9 Å². The van der Waals surface area contributed by atoms with E-state index in [0.29, 0.717) is 11.3 Å². The molecule has 0 spiro atoms. The molecular weight excluding hydrogens is 554 g/mol. The molecule has 42 heavy (non-hydrogen) atoms. The number of halogens is 4. The van der Waals surface area contributed by atoms with E-state index in [9.17, 15) is 9.59 Å². The van der Waals surface area contributed by atoms with E-state index in [4.69, 9.17) is 9.47 Å². The Bertz CT molecular complexity index is 1750. The number of allylic oxidation sites excluding steroid dienone is 2. The van der Waals surface area contributed by atoms with Crippen molar-refractivity contribution >= 4 is 17.0 Å². The van der Waals surface area contributed by atoms with E-state index in [-0.39, 0.29) is 30.7 Å². The van der Waals surface area contributed by atoms with Gasteiger partial charge in [0.2, 0.25) is 0 Å². The molecular formula is C31H27F4N3O4. The minimum atomic E-state index is -3.59. The van der Waals surface area contributed by atoms with Gasteiger partial charge in [-0.3, -0.25) is 14.1 Å². The third-order valence-corrected chi connectivity index (χ3v) is 6.93. The molecule has 2 aromatic heterocycles. The maximum Gasteiger partial charge on any atom is 0.289 e. The molecule has 2 atom stereocenters. The summed E-state index contributed by atoms with van der Waals surface area (Å²) < 4.78 is 76.1. The van der Waals surface area contributed by atoms with Gasteiger partial charge in [-0.15, -0.1) is 0 Å². The Morgan fingerprint density at radius 2 is 1.69 bits per heavy atom. The molecule has 2 aromatic carbocycles. The average Bonchev–Trinajstić information content (AvgIpc) is 3.29. The second kappa shape index (κ2) is 11.7. The van der Waals surface area contributed by atoms with Crippen LogP contribution in [0.2, 0.25) is 0 Å². The predicted octanol–water partition coefficient (Wildman–Crippen LogP) is 5.89. The SMILES string of the molecule is CCCOC1(F)C(NC(=O)c2c(=O)n(Cc3ccc(OC)cc3)n3ccccc23)=C(F)C(F)=C(c2ccccc2)C1F. The lowest BCUT2D eigenvalue weighted by Gasteiger charge is -2.35. The zero-order valence-corrected chi connectivity index (χ0v) is 22.7. The van der Waals surface area contributed by atoms with Crippen LogP contribution in [0.1, 0.15) is 34.8 Å². The quantitative estimate of drug-likeness (QED) is 0.250. The van der Waals surface area contributed by atoms with Crippen LogP contribution in [0.3, 0.4) is 0 Å². The average molecular weight is 582 g/mol. The first-order chi connectivity index (χ1) is 20.2. The molecule has 4 aromatic rings. The Morgan fingerprint density at radius 3 is 2.36 bits per heavy atom. The van der Waals surface area contributed by atoms with Gasteiger partial charge in [-0.25, -0.2) is 22.2 Å². The number of carbonyl (C=O) groups excluding carboxylic acids is 1. The van der Waals surface area contributed by atoms with Crippen LogP contribution in [-0.2, 0) is 11.3 Å². The Hall–Kier alpha value is -4.64. The number of fused-ring (bicyclic) bond motifs is 1. The number of pyridine rings is 1. The van der Waals surface area contributed by atoms with E-state index in [1.807, 2.05) is 5.32 Å². The van der Waals surface area contributed by atoms with E-state index in [0.717, 1.165) is 0 Å².